The third-order valence-corrected chi connectivity index (χ3v) is 2.64. The maximum absolute atomic E-state index is 12.1. The number of benzene rings is 1. The minimum Gasteiger partial charge on any atom is -0.497 e. The summed E-state index contributed by atoms with van der Waals surface area (Å²) in [6.07, 6.45) is 1.29. The molecule has 2 rings (SSSR count). The fourth-order valence-electron chi connectivity index (χ4n) is 1.72. The molecule has 1 aliphatic rings. The number of rotatable bonds is 4. The van der Waals surface area contributed by atoms with E-state index in [4.69, 9.17) is 9.47 Å². The first-order valence-electron chi connectivity index (χ1n) is 5.86. The standard InChI is InChI=1S/C13H14N2O4/c1-3-19-13(17)11-8-14-15(12(11)16)9-5-4-6-10(7-9)18-2/h4-8,11H,3H2,1-2H3. The molecule has 0 saturated carbocycles. The van der Waals surface area contributed by atoms with E-state index >= 15 is 0 Å². The summed E-state index contributed by atoms with van der Waals surface area (Å²) in [5.74, 6) is -1.36. The van der Waals surface area contributed by atoms with Crippen LogP contribution in [0.25, 0.3) is 0 Å². The van der Waals surface area contributed by atoms with Crippen LogP contribution in [0.2, 0.25) is 0 Å². The fourth-order valence-corrected chi connectivity index (χ4v) is 1.72. The molecule has 1 amide bonds. The van der Waals surface area contributed by atoms with Crippen LogP contribution in [0.15, 0.2) is 29.4 Å². The molecule has 1 unspecified atom stereocenters. The van der Waals surface area contributed by atoms with Gasteiger partial charge in [-0.25, -0.2) is 0 Å². The number of hydrazone groups is 1. The first-order valence-corrected chi connectivity index (χ1v) is 5.86. The van der Waals surface area contributed by atoms with Crippen molar-refractivity contribution >= 4 is 23.8 Å². The van der Waals surface area contributed by atoms with Crippen molar-refractivity contribution in [2.75, 3.05) is 18.7 Å². The van der Waals surface area contributed by atoms with E-state index in [-0.39, 0.29) is 6.61 Å². The van der Waals surface area contributed by atoms with Gasteiger partial charge in [0.15, 0.2) is 5.92 Å². The average molecular weight is 262 g/mol. The third kappa shape index (κ3) is 2.57. The Labute approximate surface area is 110 Å². The van der Waals surface area contributed by atoms with Crippen molar-refractivity contribution in [3.8, 4) is 5.75 Å². The first kappa shape index (κ1) is 13.1. The number of methoxy groups -OCH3 is 1. The molecule has 1 atom stereocenters. The topological polar surface area (TPSA) is 68.2 Å². The Morgan fingerprint density at radius 2 is 2.26 bits per heavy atom. The Morgan fingerprint density at radius 3 is 2.95 bits per heavy atom. The van der Waals surface area contributed by atoms with Gasteiger partial charge in [0, 0.05) is 12.3 Å². The summed E-state index contributed by atoms with van der Waals surface area (Å²) in [6, 6.07) is 6.89. The second-order valence-corrected chi connectivity index (χ2v) is 3.85. The Bertz CT molecular complexity index is 527. The van der Waals surface area contributed by atoms with Crippen LogP contribution < -0.4 is 9.75 Å². The molecule has 0 aliphatic carbocycles. The fraction of sp³-hybridized carbons (Fsp3) is 0.308. The van der Waals surface area contributed by atoms with Crippen LogP contribution in [0.4, 0.5) is 5.69 Å². The van der Waals surface area contributed by atoms with Gasteiger partial charge in [-0.15, -0.1) is 0 Å². The Hall–Kier alpha value is -2.37. The molecule has 0 fully saturated rings. The molecular formula is C13H14N2O4. The molecular weight excluding hydrogens is 248 g/mol. The number of carbonyl (C=O) groups excluding carboxylic acids is 2. The number of amides is 1. The van der Waals surface area contributed by atoms with Gasteiger partial charge in [-0.1, -0.05) is 6.07 Å². The minimum atomic E-state index is -0.967. The molecule has 1 aromatic carbocycles. The molecule has 6 nitrogen and oxygen atoms in total. The van der Waals surface area contributed by atoms with Gasteiger partial charge in [0.05, 0.1) is 19.4 Å². The number of nitrogens with zero attached hydrogens (tertiary/aromatic N) is 2. The minimum absolute atomic E-state index is 0.232. The smallest absolute Gasteiger partial charge is 0.324 e. The zero-order valence-corrected chi connectivity index (χ0v) is 10.7. The van der Waals surface area contributed by atoms with Crippen molar-refractivity contribution in [2.45, 2.75) is 6.92 Å². The average Bonchev–Trinajstić information content (AvgIpc) is 2.81. The molecule has 1 heterocycles. The highest BCUT2D eigenvalue weighted by Gasteiger charge is 2.36. The molecule has 0 spiro atoms. The lowest BCUT2D eigenvalue weighted by Gasteiger charge is -2.14. The van der Waals surface area contributed by atoms with Crippen LogP contribution in [-0.2, 0) is 14.3 Å². The number of hydrogen-bond acceptors (Lipinski definition) is 5. The lowest BCUT2D eigenvalue weighted by molar-refractivity contribution is -0.147. The zero-order chi connectivity index (χ0) is 13.8. The van der Waals surface area contributed by atoms with Crippen LogP contribution in [0, 0.1) is 5.92 Å². The zero-order valence-electron chi connectivity index (χ0n) is 10.7. The van der Waals surface area contributed by atoms with E-state index in [1.165, 1.54) is 18.3 Å². The highest BCUT2D eigenvalue weighted by Crippen LogP contribution is 2.25. The molecule has 0 aromatic heterocycles. The van der Waals surface area contributed by atoms with E-state index in [2.05, 4.69) is 5.10 Å². The van der Waals surface area contributed by atoms with Crippen molar-refractivity contribution < 1.29 is 19.1 Å². The van der Waals surface area contributed by atoms with E-state index in [0.29, 0.717) is 11.4 Å². The van der Waals surface area contributed by atoms with E-state index in [1.807, 2.05) is 0 Å². The van der Waals surface area contributed by atoms with Crippen molar-refractivity contribution in [1.82, 2.24) is 0 Å². The Balaban J connectivity index is 2.18. The van der Waals surface area contributed by atoms with Crippen molar-refractivity contribution in [3.63, 3.8) is 0 Å². The summed E-state index contributed by atoms with van der Waals surface area (Å²) in [7, 11) is 1.54. The van der Waals surface area contributed by atoms with Crippen LogP contribution in [0.5, 0.6) is 5.75 Å². The van der Waals surface area contributed by atoms with Gasteiger partial charge in [0.2, 0.25) is 0 Å². The lowest BCUT2D eigenvalue weighted by atomic mass is 10.1. The van der Waals surface area contributed by atoms with Crippen LogP contribution in [0.3, 0.4) is 0 Å². The highest BCUT2D eigenvalue weighted by atomic mass is 16.5. The molecule has 0 bridgehead atoms. The SMILES string of the molecule is CCOC(=O)C1C=NN(c2cccc(OC)c2)C1=O. The summed E-state index contributed by atoms with van der Waals surface area (Å²) in [6.45, 7) is 1.92. The summed E-state index contributed by atoms with van der Waals surface area (Å²) < 4.78 is 9.90. The largest absolute Gasteiger partial charge is 0.497 e. The second kappa shape index (κ2) is 5.51. The van der Waals surface area contributed by atoms with E-state index in [1.54, 1.807) is 31.2 Å². The quantitative estimate of drug-likeness (QED) is 0.604. The number of anilines is 1. The van der Waals surface area contributed by atoms with Crippen LogP contribution >= 0.6 is 0 Å². The summed E-state index contributed by atoms with van der Waals surface area (Å²) in [5.41, 5.74) is 0.549. The molecule has 100 valence electrons. The monoisotopic (exact) mass is 262 g/mol. The third-order valence-electron chi connectivity index (χ3n) is 2.64. The predicted molar refractivity (Wildman–Crippen MR) is 69.1 cm³/mol. The maximum Gasteiger partial charge on any atom is 0.324 e. The molecule has 1 aromatic rings. The number of ether oxygens (including phenoxy) is 2. The predicted octanol–water partition coefficient (Wildman–Crippen LogP) is 1.21. The van der Waals surface area contributed by atoms with E-state index in [0.717, 1.165) is 0 Å². The number of carbonyl (C=O) groups is 2. The highest BCUT2D eigenvalue weighted by molar-refractivity contribution is 6.19. The maximum atomic E-state index is 12.1. The summed E-state index contributed by atoms with van der Waals surface area (Å²) in [4.78, 5) is 23.7. The number of esters is 1. The Morgan fingerprint density at radius 1 is 1.47 bits per heavy atom. The second-order valence-electron chi connectivity index (χ2n) is 3.85. The van der Waals surface area contributed by atoms with Gasteiger partial charge < -0.3 is 9.47 Å². The lowest BCUT2D eigenvalue weighted by Crippen LogP contribution is -2.32. The summed E-state index contributed by atoms with van der Waals surface area (Å²) >= 11 is 0. The summed E-state index contributed by atoms with van der Waals surface area (Å²) in [5, 5.41) is 5.12. The van der Waals surface area contributed by atoms with Crippen LogP contribution in [-0.4, -0.2) is 31.8 Å². The van der Waals surface area contributed by atoms with Gasteiger partial charge in [-0.2, -0.15) is 10.1 Å². The molecule has 1 aliphatic heterocycles. The van der Waals surface area contributed by atoms with Crippen molar-refractivity contribution in [3.05, 3.63) is 24.3 Å². The van der Waals surface area contributed by atoms with E-state index < -0.39 is 17.8 Å². The molecule has 0 saturated heterocycles. The van der Waals surface area contributed by atoms with Gasteiger partial charge in [-0.3, -0.25) is 9.59 Å². The van der Waals surface area contributed by atoms with Crippen molar-refractivity contribution in [1.29, 1.82) is 0 Å². The first-order chi connectivity index (χ1) is 9.17. The number of hydrogen-bond donors (Lipinski definition) is 0. The van der Waals surface area contributed by atoms with E-state index in [9.17, 15) is 9.59 Å². The van der Waals surface area contributed by atoms with Gasteiger partial charge in [-0.05, 0) is 19.1 Å². The van der Waals surface area contributed by atoms with Gasteiger partial charge >= 0.3 is 5.97 Å². The molecule has 0 radical (unpaired) electrons. The Kier molecular flexibility index (Phi) is 3.79. The van der Waals surface area contributed by atoms with Crippen LogP contribution in [0.1, 0.15) is 6.92 Å². The molecule has 6 heteroatoms. The van der Waals surface area contributed by atoms with Crippen molar-refractivity contribution in [2.24, 2.45) is 11.0 Å². The molecule has 0 N–H and O–H groups in total. The molecule has 19 heavy (non-hydrogen) atoms. The van der Waals surface area contributed by atoms with Gasteiger partial charge in [0.1, 0.15) is 5.75 Å². The normalized spacial score (nSPS) is 17.7. The van der Waals surface area contributed by atoms with Gasteiger partial charge in [0.25, 0.3) is 5.91 Å².